The maximum absolute atomic E-state index is 13.8. The number of carbonyl (C=O) groups excluding carboxylic acids is 1. The van der Waals surface area contributed by atoms with E-state index in [0.29, 0.717) is 19.4 Å². The summed E-state index contributed by atoms with van der Waals surface area (Å²) in [5, 5.41) is 9.34. The van der Waals surface area contributed by atoms with Gasteiger partial charge in [-0.2, -0.15) is 0 Å². The van der Waals surface area contributed by atoms with Crippen molar-refractivity contribution in [3.63, 3.8) is 0 Å². The Labute approximate surface area is 133 Å². The number of amides is 1. The lowest BCUT2D eigenvalue weighted by Crippen LogP contribution is -2.50. The minimum absolute atomic E-state index is 0.209. The van der Waals surface area contributed by atoms with Crippen LogP contribution in [0.2, 0.25) is 0 Å². The molecule has 4 unspecified atom stereocenters. The highest BCUT2D eigenvalue weighted by molar-refractivity contribution is 5.88. The number of likely N-dealkylation sites (tertiary alicyclic amines) is 1. The normalized spacial score (nSPS) is 30.1. The van der Waals surface area contributed by atoms with Crippen molar-refractivity contribution < 1.29 is 23.5 Å². The van der Waals surface area contributed by atoms with Crippen molar-refractivity contribution in [2.75, 3.05) is 6.54 Å². The molecular weight excluding hydrogens is 304 g/mol. The summed E-state index contributed by atoms with van der Waals surface area (Å²) in [5.41, 5.74) is 0.209. The first-order valence-corrected chi connectivity index (χ1v) is 7.86. The van der Waals surface area contributed by atoms with Crippen LogP contribution >= 0.6 is 0 Å². The standard InChI is InChI=1S/C17H19F2NO3/c1-9-4-5-20(15(6-9)17(22)23)16(21)13-8-11(13)12-7-10(18)2-3-14(12)19/h2-3,7,9,11,13,15H,4-6,8H2,1H3,(H,22,23). The summed E-state index contributed by atoms with van der Waals surface area (Å²) in [5.74, 6) is -2.84. The van der Waals surface area contributed by atoms with Gasteiger partial charge < -0.3 is 10.0 Å². The molecule has 1 amide bonds. The number of carboxylic acids is 1. The van der Waals surface area contributed by atoms with E-state index in [-0.39, 0.29) is 23.3 Å². The molecule has 1 aromatic carbocycles. The average Bonchev–Trinajstić information content (AvgIpc) is 3.29. The number of hydrogen-bond acceptors (Lipinski definition) is 2. The highest BCUT2D eigenvalue weighted by Crippen LogP contribution is 2.50. The zero-order valence-electron chi connectivity index (χ0n) is 12.8. The van der Waals surface area contributed by atoms with E-state index in [1.807, 2.05) is 6.92 Å². The Morgan fingerprint density at radius 1 is 1.26 bits per heavy atom. The summed E-state index contributed by atoms with van der Waals surface area (Å²) in [6.45, 7) is 2.38. The lowest BCUT2D eigenvalue weighted by Gasteiger charge is -2.36. The van der Waals surface area contributed by atoms with Crippen LogP contribution in [0.5, 0.6) is 0 Å². The SMILES string of the molecule is CC1CCN(C(=O)C2CC2c2cc(F)ccc2F)C(C(=O)O)C1. The van der Waals surface area contributed by atoms with Gasteiger partial charge in [-0.1, -0.05) is 6.92 Å². The van der Waals surface area contributed by atoms with Crippen LogP contribution in [-0.4, -0.2) is 34.5 Å². The Kier molecular flexibility index (Phi) is 4.08. The summed E-state index contributed by atoms with van der Waals surface area (Å²) in [6.07, 6.45) is 1.64. The number of nitrogens with zero attached hydrogens (tertiary/aromatic N) is 1. The van der Waals surface area contributed by atoms with E-state index in [1.54, 1.807) is 0 Å². The molecule has 2 aliphatic rings. The zero-order valence-corrected chi connectivity index (χ0v) is 12.8. The van der Waals surface area contributed by atoms with Gasteiger partial charge in [-0.3, -0.25) is 4.79 Å². The van der Waals surface area contributed by atoms with Gasteiger partial charge in [0.15, 0.2) is 0 Å². The van der Waals surface area contributed by atoms with Crippen LogP contribution < -0.4 is 0 Å². The smallest absolute Gasteiger partial charge is 0.326 e. The van der Waals surface area contributed by atoms with Crippen molar-refractivity contribution in [2.45, 2.75) is 38.1 Å². The highest BCUT2D eigenvalue weighted by atomic mass is 19.1. The predicted octanol–water partition coefficient (Wildman–Crippen LogP) is 2.78. The minimum Gasteiger partial charge on any atom is -0.480 e. The fourth-order valence-electron chi connectivity index (χ4n) is 3.46. The van der Waals surface area contributed by atoms with Gasteiger partial charge in [-0.05, 0) is 54.9 Å². The van der Waals surface area contributed by atoms with Crippen molar-refractivity contribution in [1.29, 1.82) is 0 Å². The van der Waals surface area contributed by atoms with E-state index in [4.69, 9.17) is 0 Å². The van der Waals surface area contributed by atoms with Crippen molar-refractivity contribution >= 4 is 11.9 Å². The zero-order chi connectivity index (χ0) is 16.7. The monoisotopic (exact) mass is 323 g/mol. The minimum atomic E-state index is -1.00. The Morgan fingerprint density at radius 3 is 2.70 bits per heavy atom. The van der Waals surface area contributed by atoms with Gasteiger partial charge in [0.05, 0.1) is 0 Å². The van der Waals surface area contributed by atoms with Crippen LogP contribution in [0.15, 0.2) is 18.2 Å². The molecule has 4 atom stereocenters. The average molecular weight is 323 g/mol. The summed E-state index contributed by atoms with van der Waals surface area (Å²) < 4.78 is 27.1. The number of carbonyl (C=O) groups is 2. The maximum Gasteiger partial charge on any atom is 0.326 e. The van der Waals surface area contributed by atoms with Crippen LogP contribution in [-0.2, 0) is 9.59 Å². The molecule has 4 nitrogen and oxygen atoms in total. The van der Waals surface area contributed by atoms with Gasteiger partial charge in [-0.15, -0.1) is 0 Å². The van der Waals surface area contributed by atoms with Crippen molar-refractivity contribution in [3.8, 4) is 0 Å². The first kappa shape index (κ1) is 15.9. The third-order valence-electron chi connectivity index (χ3n) is 4.90. The summed E-state index contributed by atoms with van der Waals surface area (Å²) in [6, 6.07) is 2.42. The second-order valence-corrected chi connectivity index (χ2v) is 6.63. The number of benzene rings is 1. The second kappa shape index (κ2) is 5.91. The first-order chi connectivity index (χ1) is 10.9. The van der Waals surface area contributed by atoms with Crippen molar-refractivity contribution in [1.82, 2.24) is 4.90 Å². The molecule has 6 heteroatoms. The van der Waals surface area contributed by atoms with Crippen LogP contribution in [0.4, 0.5) is 8.78 Å². The van der Waals surface area contributed by atoms with Crippen LogP contribution in [0, 0.1) is 23.5 Å². The number of piperidine rings is 1. The largest absolute Gasteiger partial charge is 0.480 e. The van der Waals surface area contributed by atoms with Crippen molar-refractivity contribution in [3.05, 3.63) is 35.4 Å². The first-order valence-electron chi connectivity index (χ1n) is 7.86. The third-order valence-corrected chi connectivity index (χ3v) is 4.90. The predicted molar refractivity (Wildman–Crippen MR) is 78.7 cm³/mol. The second-order valence-electron chi connectivity index (χ2n) is 6.63. The van der Waals surface area contributed by atoms with Gasteiger partial charge in [0.25, 0.3) is 0 Å². The maximum atomic E-state index is 13.8. The Bertz CT molecular complexity index is 649. The van der Waals surface area contributed by atoms with Crippen LogP contribution in [0.1, 0.15) is 37.7 Å². The lowest BCUT2D eigenvalue weighted by atomic mass is 9.92. The Morgan fingerprint density at radius 2 is 2.00 bits per heavy atom. The van der Waals surface area contributed by atoms with E-state index in [9.17, 15) is 23.5 Å². The number of rotatable bonds is 3. The van der Waals surface area contributed by atoms with Gasteiger partial charge >= 0.3 is 5.97 Å². The fourth-order valence-corrected chi connectivity index (χ4v) is 3.46. The summed E-state index contributed by atoms with van der Waals surface area (Å²) in [4.78, 5) is 25.4. The topological polar surface area (TPSA) is 57.6 Å². The molecular formula is C17H19F2NO3. The molecule has 1 aliphatic carbocycles. The Hall–Kier alpha value is -1.98. The molecule has 2 fully saturated rings. The molecule has 0 radical (unpaired) electrons. The van der Waals surface area contributed by atoms with E-state index < -0.39 is 29.6 Å². The molecule has 23 heavy (non-hydrogen) atoms. The number of halogens is 2. The van der Waals surface area contributed by atoms with Gasteiger partial charge in [0, 0.05) is 12.5 Å². The fraction of sp³-hybridized carbons (Fsp3) is 0.529. The highest BCUT2D eigenvalue weighted by Gasteiger charge is 2.49. The van der Waals surface area contributed by atoms with Crippen molar-refractivity contribution in [2.24, 2.45) is 11.8 Å². The van der Waals surface area contributed by atoms with E-state index in [1.165, 1.54) is 4.90 Å². The van der Waals surface area contributed by atoms with Crippen LogP contribution in [0.3, 0.4) is 0 Å². The summed E-state index contributed by atoms with van der Waals surface area (Å²) in [7, 11) is 0. The molecule has 1 saturated heterocycles. The molecule has 0 aromatic heterocycles. The third kappa shape index (κ3) is 3.07. The molecule has 3 rings (SSSR count). The Balaban J connectivity index is 1.74. The quantitative estimate of drug-likeness (QED) is 0.930. The molecule has 1 saturated carbocycles. The molecule has 1 aliphatic heterocycles. The molecule has 0 spiro atoms. The number of carboxylic acid groups (broad SMARTS) is 1. The van der Waals surface area contributed by atoms with Gasteiger partial charge in [0.2, 0.25) is 5.91 Å². The number of aliphatic carboxylic acids is 1. The van der Waals surface area contributed by atoms with Gasteiger partial charge in [0.1, 0.15) is 17.7 Å². The molecule has 1 aromatic rings. The number of hydrogen-bond donors (Lipinski definition) is 1. The lowest BCUT2D eigenvalue weighted by molar-refractivity contribution is -0.153. The van der Waals surface area contributed by atoms with E-state index >= 15 is 0 Å². The van der Waals surface area contributed by atoms with Crippen LogP contribution in [0.25, 0.3) is 0 Å². The molecule has 1 N–H and O–H groups in total. The molecule has 1 heterocycles. The molecule has 0 bridgehead atoms. The van der Waals surface area contributed by atoms with E-state index in [2.05, 4.69) is 0 Å². The summed E-state index contributed by atoms with van der Waals surface area (Å²) >= 11 is 0. The van der Waals surface area contributed by atoms with Gasteiger partial charge in [-0.25, -0.2) is 13.6 Å². The molecule has 124 valence electrons. The van der Waals surface area contributed by atoms with E-state index in [0.717, 1.165) is 24.6 Å².